The average molecular weight is 298 g/mol. The van der Waals surface area contributed by atoms with E-state index < -0.39 is 12.1 Å². The van der Waals surface area contributed by atoms with E-state index in [9.17, 15) is 18.0 Å². The van der Waals surface area contributed by atoms with Crippen molar-refractivity contribution in [2.24, 2.45) is 5.11 Å². The number of aliphatic carboxylic acids is 1. The normalized spacial score (nSPS) is 21.2. The maximum absolute atomic E-state index is 11.2. The summed E-state index contributed by atoms with van der Waals surface area (Å²) in [7, 11) is 0. The number of carbonyl (C=O) groups excluding carboxylic acids is 1. The van der Waals surface area contributed by atoms with Crippen molar-refractivity contribution in [2.45, 2.75) is 31.6 Å². The minimum Gasteiger partial charge on any atom is -0.475 e. The van der Waals surface area contributed by atoms with Gasteiger partial charge in [-0.25, -0.2) is 4.79 Å². The second kappa shape index (κ2) is 8.23. The highest BCUT2D eigenvalue weighted by Crippen LogP contribution is 2.13. The Morgan fingerprint density at radius 3 is 2.50 bits per heavy atom. The van der Waals surface area contributed by atoms with Crippen LogP contribution in [0.1, 0.15) is 13.3 Å². The number of hydrogen-bond donors (Lipinski definition) is 2. The van der Waals surface area contributed by atoms with Gasteiger partial charge >= 0.3 is 18.1 Å². The number of rotatable bonds is 3. The summed E-state index contributed by atoms with van der Waals surface area (Å²) in [5, 5.41) is 13.6. The van der Waals surface area contributed by atoms with E-state index in [2.05, 4.69) is 15.3 Å². The highest BCUT2D eigenvalue weighted by Gasteiger charge is 2.38. The van der Waals surface area contributed by atoms with Crippen LogP contribution < -0.4 is 5.32 Å². The fourth-order valence-corrected chi connectivity index (χ4v) is 1.30. The first-order valence-corrected chi connectivity index (χ1v) is 5.46. The van der Waals surface area contributed by atoms with Gasteiger partial charge in [-0.15, -0.1) is 0 Å². The number of azide groups is 1. The van der Waals surface area contributed by atoms with Gasteiger partial charge in [-0.3, -0.25) is 4.79 Å². The fraction of sp³-hybridized carbons (Fsp3) is 0.778. The molecule has 1 aliphatic rings. The predicted octanol–water partition coefficient (Wildman–Crippen LogP) is 1.22. The van der Waals surface area contributed by atoms with Gasteiger partial charge in [0.2, 0.25) is 0 Å². The average Bonchev–Trinajstić information content (AvgIpc) is 2.78. The number of alkyl halides is 3. The highest BCUT2D eigenvalue weighted by atomic mass is 19.4. The molecule has 1 rings (SSSR count). The molecule has 11 heteroatoms. The first kappa shape index (κ1) is 18.0. The second-order valence-corrected chi connectivity index (χ2v) is 3.61. The van der Waals surface area contributed by atoms with Crippen LogP contribution in [0, 0.1) is 0 Å². The smallest absolute Gasteiger partial charge is 0.475 e. The Bertz CT molecular complexity index is 395. The Kier molecular flexibility index (Phi) is 7.40. The number of hydrogen-bond acceptors (Lipinski definition) is 5. The van der Waals surface area contributed by atoms with Crippen LogP contribution in [-0.4, -0.2) is 48.5 Å². The molecule has 8 nitrogen and oxygen atoms in total. The molecule has 1 heterocycles. The minimum atomic E-state index is -5.08. The van der Waals surface area contributed by atoms with Crippen LogP contribution >= 0.6 is 0 Å². The van der Waals surface area contributed by atoms with Crippen LogP contribution in [0.3, 0.4) is 0 Å². The molecule has 0 aromatic rings. The van der Waals surface area contributed by atoms with E-state index in [1.807, 2.05) is 0 Å². The minimum absolute atomic E-state index is 0.126. The zero-order valence-electron chi connectivity index (χ0n) is 10.4. The van der Waals surface area contributed by atoms with Crippen molar-refractivity contribution in [1.29, 1.82) is 0 Å². The van der Waals surface area contributed by atoms with Gasteiger partial charge in [0.1, 0.15) is 6.04 Å². The number of ether oxygens (including phenoxy) is 1. The number of esters is 1. The van der Waals surface area contributed by atoms with Crippen molar-refractivity contribution in [2.75, 3.05) is 13.2 Å². The largest absolute Gasteiger partial charge is 0.490 e. The molecule has 0 saturated carbocycles. The Balaban J connectivity index is 0.000000441. The molecule has 1 fully saturated rings. The van der Waals surface area contributed by atoms with E-state index in [-0.39, 0.29) is 18.1 Å². The number of carbonyl (C=O) groups is 2. The van der Waals surface area contributed by atoms with E-state index >= 15 is 0 Å². The Morgan fingerprint density at radius 2 is 2.10 bits per heavy atom. The van der Waals surface area contributed by atoms with Crippen molar-refractivity contribution < 1.29 is 32.6 Å². The summed E-state index contributed by atoms with van der Waals surface area (Å²) in [6.45, 7) is 2.69. The molecular formula is C9H13F3N4O4. The summed E-state index contributed by atoms with van der Waals surface area (Å²) < 4.78 is 36.6. The molecule has 0 aliphatic carbocycles. The summed E-state index contributed by atoms with van der Waals surface area (Å²) in [5.74, 6) is -3.02. The molecule has 0 unspecified atom stereocenters. The SMILES string of the molecule is CCOC(=O)[C@@H]1C[C@H](N=[N+]=[N-])CN1.O=C(O)C(F)(F)F. The summed E-state index contributed by atoms with van der Waals surface area (Å²) in [4.78, 5) is 22.8. The standard InChI is InChI=1S/C7H12N4O2.C2HF3O2/c1-2-13-7(12)6-3-5(4-9-6)10-11-8;3-2(4,5)1(6)7/h5-6,9H,2-4H2,1H3;(H,6,7)/t5-,6-;/m0./s1. The van der Waals surface area contributed by atoms with E-state index in [4.69, 9.17) is 20.2 Å². The fourth-order valence-electron chi connectivity index (χ4n) is 1.30. The highest BCUT2D eigenvalue weighted by molar-refractivity contribution is 5.76. The predicted molar refractivity (Wildman–Crippen MR) is 59.7 cm³/mol. The number of nitrogens with one attached hydrogen (secondary N) is 1. The summed E-state index contributed by atoms with van der Waals surface area (Å²) >= 11 is 0. The van der Waals surface area contributed by atoms with Crippen LogP contribution in [0.25, 0.3) is 10.4 Å². The molecule has 114 valence electrons. The lowest BCUT2D eigenvalue weighted by atomic mass is 10.2. The van der Waals surface area contributed by atoms with Crippen molar-refractivity contribution in [1.82, 2.24) is 5.32 Å². The van der Waals surface area contributed by atoms with Gasteiger partial charge in [0.05, 0.1) is 12.6 Å². The first-order chi connectivity index (χ1) is 9.22. The molecule has 2 N–H and O–H groups in total. The Labute approximate surface area is 111 Å². The third-order valence-electron chi connectivity index (χ3n) is 2.14. The zero-order chi connectivity index (χ0) is 15.8. The van der Waals surface area contributed by atoms with E-state index in [0.29, 0.717) is 19.6 Å². The van der Waals surface area contributed by atoms with Crippen LogP contribution in [0.15, 0.2) is 5.11 Å². The maximum Gasteiger partial charge on any atom is 0.490 e. The number of carboxylic acids is 1. The van der Waals surface area contributed by atoms with E-state index in [1.165, 1.54) is 0 Å². The first-order valence-electron chi connectivity index (χ1n) is 5.46. The van der Waals surface area contributed by atoms with Crippen LogP contribution in [0.2, 0.25) is 0 Å². The molecule has 0 bridgehead atoms. The summed E-state index contributed by atoms with van der Waals surface area (Å²) in [6, 6.07) is -0.435. The van der Waals surface area contributed by atoms with Crippen molar-refractivity contribution in [3.8, 4) is 0 Å². The van der Waals surface area contributed by atoms with Crippen molar-refractivity contribution in [3.63, 3.8) is 0 Å². The third-order valence-corrected chi connectivity index (χ3v) is 2.14. The summed E-state index contributed by atoms with van der Waals surface area (Å²) in [5.41, 5.74) is 8.17. The van der Waals surface area contributed by atoms with Gasteiger partial charge in [0.25, 0.3) is 0 Å². The molecule has 2 atom stereocenters. The molecule has 1 aliphatic heterocycles. The van der Waals surface area contributed by atoms with Gasteiger partial charge in [-0.05, 0) is 18.9 Å². The maximum atomic E-state index is 11.2. The monoisotopic (exact) mass is 298 g/mol. The molecule has 0 aromatic heterocycles. The van der Waals surface area contributed by atoms with Crippen molar-refractivity contribution in [3.05, 3.63) is 10.4 Å². The van der Waals surface area contributed by atoms with Crippen LogP contribution in [-0.2, 0) is 14.3 Å². The van der Waals surface area contributed by atoms with E-state index in [0.717, 1.165) is 0 Å². The van der Waals surface area contributed by atoms with Gasteiger partial charge in [0, 0.05) is 11.5 Å². The molecule has 20 heavy (non-hydrogen) atoms. The number of nitrogens with zero attached hydrogens (tertiary/aromatic N) is 3. The van der Waals surface area contributed by atoms with Gasteiger partial charge in [0.15, 0.2) is 0 Å². The number of carboxylic acid groups (broad SMARTS) is 1. The van der Waals surface area contributed by atoms with Gasteiger partial charge < -0.3 is 15.2 Å². The lowest BCUT2D eigenvalue weighted by Crippen LogP contribution is -2.32. The van der Waals surface area contributed by atoms with Crippen LogP contribution in [0.4, 0.5) is 13.2 Å². The third kappa shape index (κ3) is 6.81. The van der Waals surface area contributed by atoms with Crippen LogP contribution in [0.5, 0.6) is 0 Å². The Hall–Kier alpha value is -2.00. The van der Waals surface area contributed by atoms with Gasteiger partial charge in [-0.1, -0.05) is 5.11 Å². The number of halogens is 3. The molecule has 0 aromatic carbocycles. The molecule has 1 saturated heterocycles. The van der Waals surface area contributed by atoms with E-state index in [1.54, 1.807) is 6.92 Å². The second-order valence-electron chi connectivity index (χ2n) is 3.61. The topological polar surface area (TPSA) is 124 Å². The lowest BCUT2D eigenvalue weighted by Gasteiger charge is -2.07. The van der Waals surface area contributed by atoms with Crippen molar-refractivity contribution >= 4 is 11.9 Å². The molecular weight excluding hydrogens is 285 g/mol. The molecule has 0 spiro atoms. The quantitative estimate of drug-likeness (QED) is 0.351. The zero-order valence-corrected chi connectivity index (χ0v) is 10.4. The lowest BCUT2D eigenvalue weighted by molar-refractivity contribution is -0.192. The molecule has 0 amide bonds. The summed E-state index contributed by atoms with van der Waals surface area (Å²) in [6.07, 6.45) is -4.55. The van der Waals surface area contributed by atoms with Gasteiger partial charge in [-0.2, -0.15) is 13.2 Å². The molecule has 0 radical (unpaired) electrons. The Morgan fingerprint density at radius 1 is 1.55 bits per heavy atom.